The molecule has 0 amide bonds. The van der Waals surface area contributed by atoms with Crippen molar-refractivity contribution in [1.82, 2.24) is 4.90 Å². The van der Waals surface area contributed by atoms with Gasteiger partial charge in [-0.15, -0.1) is 0 Å². The first-order valence-corrected chi connectivity index (χ1v) is 6.40. The van der Waals surface area contributed by atoms with Crippen molar-refractivity contribution in [2.45, 2.75) is 58.5 Å². The van der Waals surface area contributed by atoms with E-state index in [0.29, 0.717) is 24.2 Å². The van der Waals surface area contributed by atoms with E-state index in [9.17, 15) is 0 Å². The summed E-state index contributed by atoms with van der Waals surface area (Å²) in [6.45, 7) is 14.0. The molecule has 2 rings (SSSR count). The zero-order valence-corrected chi connectivity index (χ0v) is 11.2. The second-order valence-electron chi connectivity index (χ2n) is 6.33. The molecule has 0 aromatic carbocycles. The molecule has 2 heterocycles. The van der Waals surface area contributed by atoms with Gasteiger partial charge in [0.25, 0.3) is 0 Å². The maximum absolute atomic E-state index is 5.93. The molecule has 2 fully saturated rings. The molecule has 16 heavy (non-hydrogen) atoms. The Kier molecular flexibility index (Phi) is 3.30. The van der Waals surface area contributed by atoms with Crippen LogP contribution < -0.4 is 0 Å². The molecule has 0 saturated carbocycles. The molecule has 0 aliphatic carbocycles. The normalized spacial score (nSPS) is 36.0. The molecule has 2 saturated heterocycles. The molecule has 2 aliphatic heterocycles. The minimum Gasteiger partial charge on any atom is -0.374 e. The Morgan fingerprint density at radius 1 is 1.25 bits per heavy atom. The second-order valence-corrected chi connectivity index (χ2v) is 6.33. The van der Waals surface area contributed by atoms with Crippen molar-refractivity contribution in [2.75, 3.05) is 19.7 Å². The Morgan fingerprint density at radius 2 is 1.94 bits per heavy atom. The summed E-state index contributed by atoms with van der Waals surface area (Å²) in [5.41, 5.74) is 0.246. The summed E-state index contributed by atoms with van der Waals surface area (Å²) < 4.78 is 11.8. The van der Waals surface area contributed by atoms with E-state index in [1.807, 2.05) is 0 Å². The van der Waals surface area contributed by atoms with Crippen molar-refractivity contribution in [3.63, 3.8) is 0 Å². The van der Waals surface area contributed by atoms with E-state index in [2.05, 4.69) is 39.5 Å². The van der Waals surface area contributed by atoms with Crippen LogP contribution in [0, 0.1) is 5.92 Å². The number of nitrogens with zero attached hydrogens (tertiary/aromatic N) is 1. The lowest BCUT2D eigenvalue weighted by molar-refractivity contribution is -0.0231. The second kappa shape index (κ2) is 4.28. The van der Waals surface area contributed by atoms with Crippen LogP contribution in [-0.2, 0) is 9.47 Å². The van der Waals surface area contributed by atoms with Gasteiger partial charge in [-0.2, -0.15) is 0 Å². The van der Waals surface area contributed by atoms with Gasteiger partial charge in [0.2, 0.25) is 0 Å². The number of hydrogen-bond acceptors (Lipinski definition) is 3. The highest BCUT2D eigenvalue weighted by Crippen LogP contribution is 2.34. The van der Waals surface area contributed by atoms with E-state index >= 15 is 0 Å². The Labute approximate surface area is 99.1 Å². The van der Waals surface area contributed by atoms with E-state index < -0.39 is 0 Å². The van der Waals surface area contributed by atoms with Gasteiger partial charge >= 0.3 is 0 Å². The van der Waals surface area contributed by atoms with E-state index in [-0.39, 0.29) is 5.54 Å². The predicted octanol–water partition coefficient (Wildman–Crippen LogP) is 1.91. The maximum atomic E-state index is 5.93. The Hall–Kier alpha value is -0.120. The van der Waals surface area contributed by atoms with Gasteiger partial charge in [-0.1, -0.05) is 0 Å². The summed E-state index contributed by atoms with van der Waals surface area (Å²) in [5.74, 6) is 0.571. The summed E-state index contributed by atoms with van der Waals surface area (Å²) >= 11 is 0. The third-order valence-electron chi connectivity index (χ3n) is 3.66. The van der Waals surface area contributed by atoms with Crippen molar-refractivity contribution in [1.29, 1.82) is 0 Å². The van der Waals surface area contributed by atoms with Crippen molar-refractivity contribution < 1.29 is 9.47 Å². The highest BCUT2D eigenvalue weighted by Gasteiger charge is 2.46. The fourth-order valence-electron chi connectivity index (χ4n) is 2.71. The van der Waals surface area contributed by atoms with Crippen LogP contribution in [0.5, 0.6) is 0 Å². The lowest BCUT2D eigenvalue weighted by Gasteiger charge is -2.32. The molecule has 3 atom stereocenters. The van der Waals surface area contributed by atoms with Crippen LogP contribution in [0.1, 0.15) is 34.6 Å². The van der Waals surface area contributed by atoms with Crippen molar-refractivity contribution >= 4 is 0 Å². The predicted molar refractivity (Wildman–Crippen MR) is 64.6 cm³/mol. The lowest BCUT2D eigenvalue weighted by Crippen LogP contribution is -2.41. The summed E-state index contributed by atoms with van der Waals surface area (Å²) in [5, 5.41) is 0. The first-order chi connectivity index (χ1) is 7.38. The molecular weight excluding hydrogens is 202 g/mol. The quantitative estimate of drug-likeness (QED) is 0.719. The minimum atomic E-state index is 0.246. The van der Waals surface area contributed by atoms with Crippen molar-refractivity contribution in [3.05, 3.63) is 0 Å². The molecule has 3 unspecified atom stereocenters. The van der Waals surface area contributed by atoms with Crippen LogP contribution in [-0.4, -0.2) is 48.4 Å². The van der Waals surface area contributed by atoms with Crippen molar-refractivity contribution in [2.24, 2.45) is 5.92 Å². The SMILES string of the molecule is CC(C)OC1COC2CN(C(C)(C)C)CC21. The van der Waals surface area contributed by atoms with Crippen LogP contribution in [0.15, 0.2) is 0 Å². The summed E-state index contributed by atoms with van der Waals surface area (Å²) in [4.78, 5) is 2.51. The molecular formula is C13H25NO2. The first-order valence-electron chi connectivity index (χ1n) is 6.40. The highest BCUT2D eigenvalue weighted by atomic mass is 16.6. The number of fused-ring (bicyclic) bond motifs is 1. The molecule has 3 nitrogen and oxygen atoms in total. The van der Waals surface area contributed by atoms with Gasteiger partial charge in [-0.25, -0.2) is 0 Å². The van der Waals surface area contributed by atoms with Gasteiger partial charge in [0.15, 0.2) is 0 Å². The average molecular weight is 227 g/mol. The molecule has 3 heteroatoms. The zero-order chi connectivity index (χ0) is 11.9. The zero-order valence-electron chi connectivity index (χ0n) is 11.2. The van der Waals surface area contributed by atoms with E-state index in [1.165, 1.54) is 0 Å². The van der Waals surface area contributed by atoms with Crippen LogP contribution in [0.3, 0.4) is 0 Å². The number of rotatable bonds is 2. The van der Waals surface area contributed by atoms with Gasteiger partial charge in [-0.3, -0.25) is 4.90 Å². The number of likely N-dealkylation sites (tertiary alicyclic amines) is 1. The van der Waals surface area contributed by atoms with Gasteiger partial charge in [0.05, 0.1) is 24.9 Å². The van der Waals surface area contributed by atoms with Crippen LogP contribution >= 0.6 is 0 Å². The minimum absolute atomic E-state index is 0.246. The molecule has 0 bridgehead atoms. The smallest absolute Gasteiger partial charge is 0.0877 e. The lowest BCUT2D eigenvalue weighted by atomic mass is 10.0. The maximum Gasteiger partial charge on any atom is 0.0877 e. The number of hydrogen-bond donors (Lipinski definition) is 0. The fraction of sp³-hybridized carbons (Fsp3) is 1.00. The summed E-state index contributed by atoms with van der Waals surface area (Å²) in [6.07, 6.45) is 0.997. The average Bonchev–Trinajstić information content (AvgIpc) is 2.64. The topological polar surface area (TPSA) is 21.7 Å². The third-order valence-corrected chi connectivity index (χ3v) is 3.66. The van der Waals surface area contributed by atoms with Crippen LogP contribution in [0.2, 0.25) is 0 Å². The fourth-order valence-corrected chi connectivity index (χ4v) is 2.71. The summed E-state index contributed by atoms with van der Waals surface area (Å²) in [7, 11) is 0. The largest absolute Gasteiger partial charge is 0.374 e. The monoisotopic (exact) mass is 227 g/mol. The Balaban J connectivity index is 1.96. The number of ether oxygens (including phenoxy) is 2. The summed E-state index contributed by atoms with van der Waals surface area (Å²) in [6, 6.07) is 0. The molecule has 0 N–H and O–H groups in total. The third kappa shape index (κ3) is 2.41. The van der Waals surface area contributed by atoms with Gasteiger partial charge in [0, 0.05) is 24.5 Å². The van der Waals surface area contributed by atoms with E-state index in [4.69, 9.17) is 9.47 Å². The van der Waals surface area contributed by atoms with Gasteiger partial charge < -0.3 is 9.47 Å². The van der Waals surface area contributed by atoms with E-state index in [0.717, 1.165) is 19.7 Å². The van der Waals surface area contributed by atoms with Gasteiger partial charge in [-0.05, 0) is 34.6 Å². The first kappa shape index (κ1) is 12.3. The van der Waals surface area contributed by atoms with Crippen LogP contribution in [0.4, 0.5) is 0 Å². The molecule has 0 radical (unpaired) electrons. The molecule has 0 aromatic rings. The Morgan fingerprint density at radius 3 is 2.50 bits per heavy atom. The molecule has 2 aliphatic rings. The Bertz CT molecular complexity index is 247. The van der Waals surface area contributed by atoms with Crippen molar-refractivity contribution in [3.8, 4) is 0 Å². The standard InChI is InChI=1S/C13H25NO2/c1-9(2)16-12-8-15-11-7-14(6-10(11)12)13(3,4)5/h9-12H,6-8H2,1-5H3. The molecule has 0 spiro atoms. The molecule has 94 valence electrons. The van der Waals surface area contributed by atoms with Gasteiger partial charge in [0.1, 0.15) is 0 Å². The van der Waals surface area contributed by atoms with E-state index in [1.54, 1.807) is 0 Å². The molecule has 0 aromatic heterocycles. The highest BCUT2D eigenvalue weighted by molar-refractivity contribution is 4.97. The van der Waals surface area contributed by atoms with Crippen LogP contribution in [0.25, 0.3) is 0 Å².